The molecule has 0 saturated carbocycles. The van der Waals surface area contributed by atoms with Gasteiger partial charge in [0.2, 0.25) is 0 Å². The molecule has 3 heteroatoms. The second-order valence-corrected chi connectivity index (χ2v) is 18.0. The normalized spacial score (nSPS) is 13.3. The number of benzene rings is 9. The molecule has 0 atom stereocenters. The lowest BCUT2D eigenvalue weighted by Gasteiger charge is -2.22. The Labute approximate surface area is 351 Å². The molecule has 0 aliphatic heterocycles. The molecule has 60 heavy (non-hydrogen) atoms. The van der Waals surface area contributed by atoms with Crippen LogP contribution in [-0.2, 0) is 5.41 Å². The molecule has 1 aliphatic carbocycles. The Hall–Kier alpha value is -7.20. The van der Waals surface area contributed by atoms with Crippen LogP contribution >= 0.6 is 11.3 Å². The molecule has 0 saturated heterocycles. The molecule has 0 fully saturated rings. The summed E-state index contributed by atoms with van der Waals surface area (Å²) in [6, 6.07) is 72.1. The van der Waals surface area contributed by atoms with Gasteiger partial charge in [-0.1, -0.05) is 153 Å². The van der Waals surface area contributed by atoms with Crippen LogP contribution in [0.15, 0.2) is 194 Å². The van der Waals surface area contributed by atoms with Crippen molar-refractivity contribution in [1.29, 1.82) is 0 Å². The van der Waals surface area contributed by atoms with E-state index in [4.69, 9.17) is 0 Å². The van der Waals surface area contributed by atoms with Crippen LogP contribution in [0.4, 0.5) is 0 Å². The van der Waals surface area contributed by atoms with Crippen LogP contribution in [0.25, 0.3) is 109 Å². The minimum absolute atomic E-state index is 0.134. The zero-order valence-electron chi connectivity index (χ0n) is 33.3. The molecule has 13 rings (SSSR count). The number of nitrogens with zero attached hydrogens (tertiary/aromatic N) is 2. The molecule has 0 N–H and O–H groups in total. The lowest BCUT2D eigenvalue weighted by Crippen LogP contribution is -2.15. The third kappa shape index (κ3) is 4.70. The minimum Gasteiger partial charge on any atom is -0.309 e. The van der Waals surface area contributed by atoms with Gasteiger partial charge in [0, 0.05) is 64.1 Å². The summed E-state index contributed by atoms with van der Waals surface area (Å²) < 4.78 is 7.67. The summed E-state index contributed by atoms with van der Waals surface area (Å²) in [5.41, 5.74) is 17.5. The molecule has 12 aromatic rings. The van der Waals surface area contributed by atoms with Gasteiger partial charge in [0.25, 0.3) is 0 Å². The van der Waals surface area contributed by atoms with Gasteiger partial charge >= 0.3 is 0 Å². The predicted octanol–water partition coefficient (Wildman–Crippen LogP) is 15.9. The molecule has 0 bridgehead atoms. The van der Waals surface area contributed by atoms with Gasteiger partial charge in [-0.15, -0.1) is 11.3 Å². The van der Waals surface area contributed by atoms with Crippen molar-refractivity contribution in [1.82, 2.24) is 9.13 Å². The van der Waals surface area contributed by atoms with E-state index in [2.05, 4.69) is 217 Å². The highest BCUT2D eigenvalue weighted by atomic mass is 32.1. The summed E-state index contributed by atoms with van der Waals surface area (Å²) in [6.07, 6.45) is 0. The van der Waals surface area contributed by atoms with E-state index in [0.29, 0.717) is 0 Å². The van der Waals surface area contributed by atoms with E-state index in [-0.39, 0.29) is 5.41 Å². The standard InChI is InChI=1S/C57H38N2S/c1-57(2)48-31-30-46-45-16-8-11-19-54(45)60-56(46)55(48)47-29-26-40(34-49(47)57)59-51-18-10-7-15-42(51)44-28-23-38(33-53(44)59)37-22-27-43-41-14-6-9-17-50(41)58(52(43)32-37)39-24-20-36(21-25-39)35-12-4-3-5-13-35/h3-34H,1-2H3. The third-order valence-electron chi connectivity index (χ3n) is 13.3. The van der Waals surface area contributed by atoms with Crippen molar-refractivity contribution in [2.45, 2.75) is 19.3 Å². The van der Waals surface area contributed by atoms with Crippen LogP contribution < -0.4 is 0 Å². The molecule has 0 unspecified atom stereocenters. The van der Waals surface area contributed by atoms with E-state index in [1.165, 1.54) is 114 Å². The van der Waals surface area contributed by atoms with E-state index in [0.717, 1.165) is 5.69 Å². The number of rotatable bonds is 4. The van der Waals surface area contributed by atoms with Gasteiger partial charge in [-0.05, 0) is 93.5 Å². The largest absolute Gasteiger partial charge is 0.309 e. The maximum Gasteiger partial charge on any atom is 0.0547 e. The smallest absolute Gasteiger partial charge is 0.0547 e. The third-order valence-corrected chi connectivity index (χ3v) is 14.5. The Morgan fingerprint density at radius 2 is 0.883 bits per heavy atom. The van der Waals surface area contributed by atoms with Gasteiger partial charge in [0.1, 0.15) is 0 Å². The molecule has 1 aliphatic rings. The van der Waals surface area contributed by atoms with E-state index >= 15 is 0 Å². The maximum absolute atomic E-state index is 2.49. The average molecular weight is 783 g/mol. The fourth-order valence-electron chi connectivity index (χ4n) is 10.4. The molecule has 3 aromatic heterocycles. The van der Waals surface area contributed by atoms with Gasteiger partial charge in [-0.2, -0.15) is 0 Å². The first-order valence-electron chi connectivity index (χ1n) is 20.8. The first-order valence-corrected chi connectivity index (χ1v) is 21.7. The van der Waals surface area contributed by atoms with Gasteiger partial charge in [0.05, 0.1) is 22.1 Å². The van der Waals surface area contributed by atoms with Gasteiger partial charge in [-0.25, -0.2) is 0 Å². The molecule has 0 spiro atoms. The summed E-state index contributed by atoms with van der Waals surface area (Å²) in [5, 5.41) is 7.75. The highest BCUT2D eigenvalue weighted by Gasteiger charge is 2.37. The number of para-hydroxylation sites is 2. The summed E-state index contributed by atoms with van der Waals surface area (Å²) in [5.74, 6) is 0. The second kappa shape index (κ2) is 12.4. The monoisotopic (exact) mass is 782 g/mol. The van der Waals surface area contributed by atoms with Crippen LogP contribution in [0.3, 0.4) is 0 Å². The van der Waals surface area contributed by atoms with E-state index in [1.54, 1.807) is 0 Å². The SMILES string of the molecule is CC1(C)c2cc(-n3c4ccccc4c4ccc(-c5ccc6c7ccccc7n(-c7ccc(-c8ccccc8)cc7)c6c5)cc43)ccc2-c2c1ccc1c2sc2ccccc21. The van der Waals surface area contributed by atoms with Crippen molar-refractivity contribution >= 4 is 75.1 Å². The van der Waals surface area contributed by atoms with Crippen LogP contribution in [-0.4, -0.2) is 9.13 Å². The molecule has 9 aromatic carbocycles. The zero-order chi connectivity index (χ0) is 39.7. The Morgan fingerprint density at radius 1 is 0.367 bits per heavy atom. The zero-order valence-corrected chi connectivity index (χ0v) is 34.1. The fraction of sp³-hybridized carbons (Fsp3) is 0.0526. The van der Waals surface area contributed by atoms with Gasteiger partial charge in [0.15, 0.2) is 0 Å². The first kappa shape index (κ1) is 33.7. The molecular weight excluding hydrogens is 745 g/mol. The Balaban J connectivity index is 0.977. The summed E-state index contributed by atoms with van der Waals surface area (Å²) in [6.45, 7) is 4.80. The van der Waals surface area contributed by atoms with E-state index < -0.39 is 0 Å². The summed E-state index contributed by atoms with van der Waals surface area (Å²) in [4.78, 5) is 0. The molecule has 282 valence electrons. The van der Waals surface area contributed by atoms with Crippen molar-refractivity contribution in [2.24, 2.45) is 0 Å². The van der Waals surface area contributed by atoms with Crippen LogP contribution in [0.1, 0.15) is 25.0 Å². The van der Waals surface area contributed by atoms with Crippen molar-refractivity contribution in [3.05, 3.63) is 205 Å². The van der Waals surface area contributed by atoms with Crippen molar-refractivity contribution in [2.75, 3.05) is 0 Å². The van der Waals surface area contributed by atoms with Crippen molar-refractivity contribution in [3.8, 4) is 44.8 Å². The quantitative estimate of drug-likeness (QED) is 0.168. The highest BCUT2D eigenvalue weighted by molar-refractivity contribution is 7.26. The maximum atomic E-state index is 2.49. The van der Waals surface area contributed by atoms with E-state index in [1.807, 2.05) is 11.3 Å². The summed E-state index contributed by atoms with van der Waals surface area (Å²) in [7, 11) is 0. The summed E-state index contributed by atoms with van der Waals surface area (Å²) >= 11 is 1.93. The molecule has 2 nitrogen and oxygen atoms in total. The topological polar surface area (TPSA) is 9.86 Å². The Morgan fingerprint density at radius 3 is 1.57 bits per heavy atom. The Kier molecular flexibility index (Phi) is 6.98. The van der Waals surface area contributed by atoms with Crippen molar-refractivity contribution < 1.29 is 0 Å². The fourth-order valence-corrected chi connectivity index (χ4v) is 11.7. The highest BCUT2D eigenvalue weighted by Crippen LogP contribution is 2.54. The second-order valence-electron chi connectivity index (χ2n) is 16.9. The van der Waals surface area contributed by atoms with Crippen molar-refractivity contribution in [3.63, 3.8) is 0 Å². The number of hydrogen-bond acceptors (Lipinski definition) is 1. The number of hydrogen-bond donors (Lipinski definition) is 0. The lowest BCUT2D eigenvalue weighted by atomic mass is 9.82. The molecule has 0 radical (unpaired) electrons. The predicted molar refractivity (Wildman–Crippen MR) is 256 cm³/mol. The number of aromatic nitrogens is 2. The van der Waals surface area contributed by atoms with Crippen LogP contribution in [0.5, 0.6) is 0 Å². The molecule has 3 heterocycles. The van der Waals surface area contributed by atoms with E-state index in [9.17, 15) is 0 Å². The average Bonchev–Trinajstić information content (AvgIpc) is 4.01. The van der Waals surface area contributed by atoms with Gasteiger partial charge < -0.3 is 9.13 Å². The number of fused-ring (bicyclic) bond motifs is 13. The Bertz CT molecular complexity index is 3730. The molecule has 0 amide bonds. The molecular formula is C57H38N2S. The van der Waals surface area contributed by atoms with Crippen LogP contribution in [0.2, 0.25) is 0 Å². The van der Waals surface area contributed by atoms with Crippen LogP contribution in [0, 0.1) is 0 Å². The minimum atomic E-state index is -0.134. The number of thiophene rings is 1. The lowest BCUT2D eigenvalue weighted by molar-refractivity contribution is 0.660. The van der Waals surface area contributed by atoms with Gasteiger partial charge in [-0.3, -0.25) is 0 Å². The first-order chi connectivity index (χ1) is 29.5.